The van der Waals surface area contributed by atoms with E-state index in [0.717, 1.165) is 48.4 Å². The number of imidazole rings is 1. The molecule has 3 heterocycles. The van der Waals surface area contributed by atoms with E-state index in [1.165, 1.54) is 11.3 Å². The lowest BCUT2D eigenvalue weighted by atomic mass is 10.1. The highest BCUT2D eigenvalue weighted by molar-refractivity contribution is 5.83. The van der Waals surface area contributed by atoms with Gasteiger partial charge in [-0.05, 0) is 54.6 Å². The van der Waals surface area contributed by atoms with E-state index in [2.05, 4.69) is 58.2 Å². The summed E-state index contributed by atoms with van der Waals surface area (Å²) in [5.74, 6) is 0.257. The van der Waals surface area contributed by atoms with E-state index in [4.69, 9.17) is 0 Å². The highest BCUT2D eigenvalue weighted by atomic mass is 16.3. The van der Waals surface area contributed by atoms with Crippen molar-refractivity contribution in [1.82, 2.24) is 14.3 Å². The number of fused-ring (bicyclic) bond motifs is 3. The van der Waals surface area contributed by atoms with Crippen molar-refractivity contribution in [2.75, 3.05) is 38.1 Å². The molecule has 0 amide bonds. The molecule has 0 saturated carbocycles. The first-order valence-electron chi connectivity index (χ1n) is 9.32. The van der Waals surface area contributed by atoms with Crippen molar-refractivity contribution in [3.8, 4) is 16.9 Å². The molecule has 0 atom stereocenters. The van der Waals surface area contributed by atoms with Crippen molar-refractivity contribution in [1.29, 1.82) is 0 Å². The lowest BCUT2D eigenvalue weighted by Gasteiger charge is -2.34. The second kappa shape index (κ2) is 6.28. The molecule has 1 aliphatic heterocycles. The molecule has 0 radical (unpaired) electrons. The van der Waals surface area contributed by atoms with Gasteiger partial charge < -0.3 is 14.9 Å². The van der Waals surface area contributed by atoms with Gasteiger partial charge in [0, 0.05) is 44.1 Å². The van der Waals surface area contributed by atoms with Crippen LogP contribution in [0.25, 0.3) is 27.8 Å². The molecule has 0 aliphatic carbocycles. The Labute approximate surface area is 158 Å². The number of nitrogens with zero attached hydrogens (tertiary/aromatic N) is 4. The molecule has 0 bridgehead atoms. The highest BCUT2D eigenvalue weighted by Gasteiger charge is 2.14. The van der Waals surface area contributed by atoms with Crippen LogP contribution in [0, 0.1) is 0 Å². The predicted octanol–water partition coefficient (Wildman–Crippen LogP) is 3.61. The molecule has 1 saturated heterocycles. The topological polar surface area (TPSA) is 44.0 Å². The zero-order chi connectivity index (χ0) is 18.4. The summed E-state index contributed by atoms with van der Waals surface area (Å²) in [6, 6.07) is 18.3. The van der Waals surface area contributed by atoms with Crippen molar-refractivity contribution >= 4 is 22.4 Å². The molecule has 1 fully saturated rings. The van der Waals surface area contributed by atoms with E-state index in [0.29, 0.717) is 0 Å². The van der Waals surface area contributed by atoms with Crippen LogP contribution in [0.2, 0.25) is 0 Å². The number of benzene rings is 2. The fourth-order valence-electron chi connectivity index (χ4n) is 3.81. The average Bonchev–Trinajstić information content (AvgIpc) is 3.06. The number of pyridine rings is 1. The summed E-state index contributed by atoms with van der Waals surface area (Å²) in [4.78, 5) is 9.49. The average molecular weight is 358 g/mol. The molecule has 1 aliphatic rings. The molecule has 2 aromatic carbocycles. The van der Waals surface area contributed by atoms with Gasteiger partial charge in [0.25, 0.3) is 0 Å². The number of aromatic nitrogens is 2. The normalized spacial score (nSPS) is 15.7. The summed E-state index contributed by atoms with van der Waals surface area (Å²) in [5.41, 5.74) is 6.31. The van der Waals surface area contributed by atoms with Crippen LogP contribution in [0.15, 0.2) is 60.8 Å². The lowest BCUT2D eigenvalue weighted by molar-refractivity contribution is 0.313. The molecule has 4 aromatic rings. The highest BCUT2D eigenvalue weighted by Crippen LogP contribution is 2.27. The van der Waals surface area contributed by atoms with Crippen LogP contribution in [0.1, 0.15) is 0 Å². The number of anilines is 1. The van der Waals surface area contributed by atoms with Crippen molar-refractivity contribution in [2.45, 2.75) is 0 Å². The second-order valence-electron chi connectivity index (χ2n) is 7.27. The van der Waals surface area contributed by atoms with E-state index >= 15 is 0 Å². The molecular weight excluding hydrogens is 336 g/mol. The second-order valence-corrected chi connectivity index (χ2v) is 7.27. The van der Waals surface area contributed by atoms with E-state index in [1.54, 1.807) is 12.1 Å². The SMILES string of the molecule is CN1CCN(c2ccc(-c3ccn4c(c3)nc3ccc(O)cc34)cc2)CC1. The number of rotatable bonds is 2. The number of hydrogen-bond acceptors (Lipinski definition) is 4. The fourth-order valence-corrected chi connectivity index (χ4v) is 3.81. The number of piperazine rings is 1. The Morgan fingerprint density at radius 2 is 1.63 bits per heavy atom. The molecule has 5 heteroatoms. The number of phenolic OH excluding ortho intramolecular Hbond substituents is 1. The third-order valence-corrected chi connectivity index (χ3v) is 5.46. The van der Waals surface area contributed by atoms with Gasteiger partial charge in [-0.2, -0.15) is 0 Å². The summed E-state index contributed by atoms with van der Waals surface area (Å²) in [6.45, 7) is 4.38. The molecular formula is C22H22N4O. The van der Waals surface area contributed by atoms with Gasteiger partial charge in [-0.25, -0.2) is 4.98 Å². The fraction of sp³-hybridized carbons (Fsp3) is 0.227. The quantitative estimate of drug-likeness (QED) is 0.594. The molecule has 0 unspecified atom stereocenters. The Morgan fingerprint density at radius 3 is 2.41 bits per heavy atom. The minimum Gasteiger partial charge on any atom is -0.508 e. The van der Waals surface area contributed by atoms with E-state index in [1.807, 2.05) is 16.7 Å². The minimum atomic E-state index is 0.257. The molecule has 2 aromatic heterocycles. The third kappa shape index (κ3) is 2.90. The zero-order valence-corrected chi connectivity index (χ0v) is 15.3. The van der Waals surface area contributed by atoms with Gasteiger partial charge in [0.2, 0.25) is 0 Å². The Balaban J connectivity index is 1.47. The summed E-state index contributed by atoms with van der Waals surface area (Å²) >= 11 is 0. The van der Waals surface area contributed by atoms with Crippen LogP contribution >= 0.6 is 0 Å². The van der Waals surface area contributed by atoms with Gasteiger partial charge >= 0.3 is 0 Å². The number of likely N-dealkylation sites (N-methyl/N-ethyl adjacent to an activating group) is 1. The standard InChI is InChI=1S/C22H22N4O/c1-24-10-12-25(13-11-24)18-4-2-16(3-5-18)17-8-9-26-21-15-19(27)6-7-20(21)23-22(26)14-17/h2-9,14-15,27H,10-13H2,1H3. The van der Waals surface area contributed by atoms with E-state index in [9.17, 15) is 5.11 Å². The first-order valence-corrected chi connectivity index (χ1v) is 9.32. The molecule has 5 rings (SSSR count). The zero-order valence-electron chi connectivity index (χ0n) is 15.3. The van der Waals surface area contributed by atoms with E-state index in [-0.39, 0.29) is 5.75 Å². The Kier molecular flexibility index (Phi) is 3.76. The molecule has 1 N–H and O–H groups in total. The summed E-state index contributed by atoms with van der Waals surface area (Å²) in [6.07, 6.45) is 2.02. The lowest BCUT2D eigenvalue weighted by Crippen LogP contribution is -2.44. The number of phenols is 1. The van der Waals surface area contributed by atoms with Crippen LogP contribution in [0.3, 0.4) is 0 Å². The van der Waals surface area contributed by atoms with Crippen LogP contribution in [0.5, 0.6) is 5.75 Å². The van der Waals surface area contributed by atoms with Gasteiger partial charge in [0.15, 0.2) is 0 Å². The summed E-state index contributed by atoms with van der Waals surface area (Å²) in [5, 5.41) is 9.74. The van der Waals surface area contributed by atoms with Crippen LogP contribution in [-0.4, -0.2) is 52.6 Å². The van der Waals surface area contributed by atoms with Crippen LogP contribution in [-0.2, 0) is 0 Å². The van der Waals surface area contributed by atoms with Gasteiger partial charge in [-0.15, -0.1) is 0 Å². The van der Waals surface area contributed by atoms with Crippen molar-refractivity contribution in [3.63, 3.8) is 0 Å². The minimum absolute atomic E-state index is 0.257. The summed E-state index contributed by atoms with van der Waals surface area (Å²) in [7, 11) is 2.18. The number of aromatic hydroxyl groups is 1. The molecule has 5 nitrogen and oxygen atoms in total. The van der Waals surface area contributed by atoms with Gasteiger partial charge in [-0.3, -0.25) is 4.40 Å². The Hall–Kier alpha value is -3.05. The largest absolute Gasteiger partial charge is 0.508 e. The van der Waals surface area contributed by atoms with E-state index < -0.39 is 0 Å². The first-order chi connectivity index (χ1) is 13.2. The molecule has 27 heavy (non-hydrogen) atoms. The smallest absolute Gasteiger partial charge is 0.138 e. The van der Waals surface area contributed by atoms with Crippen molar-refractivity contribution in [3.05, 3.63) is 60.8 Å². The first kappa shape index (κ1) is 16.1. The molecule has 136 valence electrons. The predicted molar refractivity (Wildman–Crippen MR) is 110 cm³/mol. The third-order valence-electron chi connectivity index (χ3n) is 5.46. The van der Waals surface area contributed by atoms with Gasteiger partial charge in [0.1, 0.15) is 11.4 Å². The Morgan fingerprint density at radius 1 is 0.852 bits per heavy atom. The maximum atomic E-state index is 9.74. The maximum absolute atomic E-state index is 9.74. The monoisotopic (exact) mass is 358 g/mol. The van der Waals surface area contributed by atoms with Gasteiger partial charge in [0.05, 0.1) is 11.0 Å². The maximum Gasteiger partial charge on any atom is 0.138 e. The summed E-state index contributed by atoms with van der Waals surface area (Å²) < 4.78 is 2.01. The van der Waals surface area contributed by atoms with Gasteiger partial charge in [-0.1, -0.05) is 12.1 Å². The Bertz CT molecular complexity index is 1110. The van der Waals surface area contributed by atoms with Crippen LogP contribution in [0.4, 0.5) is 5.69 Å². The van der Waals surface area contributed by atoms with Crippen molar-refractivity contribution in [2.24, 2.45) is 0 Å². The van der Waals surface area contributed by atoms with Crippen LogP contribution < -0.4 is 4.90 Å². The molecule has 0 spiro atoms. The van der Waals surface area contributed by atoms with Crippen molar-refractivity contribution < 1.29 is 5.11 Å². The number of hydrogen-bond donors (Lipinski definition) is 1.